The van der Waals surface area contributed by atoms with Gasteiger partial charge >= 0.3 is 0 Å². The number of nitrogens with one attached hydrogen (secondary N) is 1. The predicted molar refractivity (Wildman–Crippen MR) is 113 cm³/mol. The van der Waals surface area contributed by atoms with Crippen molar-refractivity contribution >= 4 is 49.7 Å². The van der Waals surface area contributed by atoms with Gasteiger partial charge in [0.1, 0.15) is 5.75 Å². The van der Waals surface area contributed by atoms with Crippen LogP contribution in [0.2, 0.25) is 0 Å². The zero-order chi connectivity index (χ0) is 21.0. The topological polar surface area (TPSA) is 123 Å². The van der Waals surface area contributed by atoms with E-state index in [0.29, 0.717) is 16.6 Å². The summed E-state index contributed by atoms with van der Waals surface area (Å²) < 4.78 is 2.76. The van der Waals surface area contributed by atoms with Crippen LogP contribution in [0.25, 0.3) is 0 Å². The van der Waals surface area contributed by atoms with Crippen LogP contribution in [0.15, 0.2) is 62.7 Å². The monoisotopic (exact) mass is 521 g/mol. The van der Waals surface area contributed by atoms with E-state index in [1.165, 1.54) is 29.1 Å². The fourth-order valence-electron chi connectivity index (χ4n) is 2.38. The van der Waals surface area contributed by atoms with Crippen molar-refractivity contribution in [1.29, 1.82) is 0 Å². The van der Waals surface area contributed by atoms with Crippen molar-refractivity contribution in [3.63, 3.8) is 0 Å². The number of nitrogens with zero attached hydrogens (tertiary/aromatic N) is 4. The van der Waals surface area contributed by atoms with E-state index in [1.54, 1.807) is 30.5 Å². The zero-order valence-electron chi connectivity index (χ0n) is 14.6. The van der Waals surface area contributed by atoms with Crippen LogP contribution in [-0.4, -0.2) is 31.9 Å². The molecule has 1 amide bonds. The lowest BCUT2D eigenvalue weighted by Crippen LogP contribution is -2.19. The van der Waals surface area contributed by atoms with Gasteiger partial charge in [-0.3, -0.25) is 19.6 Å². The molecule has 3 rings (SSSR count). The molecule has 0 unspecified atom stereocenters. The Morgan fingerprint density at radius 1 is 1.28 bits per heavy atom. The number of halogens is 2. The van der Waals surface area contributed by atoms with Crippen molar-refractivity contribution < 1.29 is 14.8 Å². The van der Waals surface area contributed by atoms with Crippen LogP contribution >= 0.6 is 31.9 Å². The second-order valence-electron chi connectivity index (χ2n) is 5.85. The Labute approximate surface area is 181 Å². The molecule has 1 aromatic heterocycles. The second-order valence-corrected chi connectivity index (χ2v) is 7.62. The zero-order valence-corrected chi connectivity index (χ0v) is 17.8. The van der Waals surface area contributed by atoms with Crippen molar-refractivity contribution in [3.8, 4) is 5.75 Å². The molecule has 0 aliphatic heterocycles. The van der Waals surface area contributed by atoms with Crippen LogP contribution in [0.5, 0.6) is 5.75 Å². The molecule has 148 valence electrons. The first-order valence-electron chi connectivity index (χ1n) is 8.11. The van der Waals surface area contributed by atoms with Crippen molar-refractivity contribution in [2.45, 2.75) is 6.54 Å². The van der Waals surface area contributed by atoms with Gasteiger partial charge in [-0.15, -0.1) is 0 Å². The van der Waals surface area contributed by atoms with Crippen LogP contribution in [0.1, 0.15) is 21.6 Å². The Kier molecular flexibility index (Phi) is 6.39. The lowest BCUT2D eigenvalue weighted by atomic mass is 10.2. The summed E-state index contributed by atoms with van der Waals surface area (Å²) in [7, 11) is 0. The SMILES string of the molecule is O=C(N/N=C/c1cc(Br)ccc1O)c1nn(Cc2ccc([N+](=O)[O-])cc2)cc1Br. The Morgan fingerprint density at radius 3 is 2.69 bits per heavy atom. The number of hydrazone groups is 1. The molecule has 1 heterocycles. The molecule has 0 radical (unpaired) electrons. The highest BCUT2D eigenvalue weighted by atomic mass is 79.9. The molecule has 0 saturated carbocycles. The van der Waals surface area contributed by atoms with Gasteiger partial charge in [0.25, 0.3) is 11.6 Å². The number of phenolic OH excluding ortho intramolecular Hbond substituents is 1. The normalized spacial score (nSPS) is 11.0. The standard InChI is InChI=1S/C18H13Br2N5O4/c19-13-3-6-16(26)12(7-13)8-21-22-18(27)17-15(20)10-24(23-17)9-11-1-4-14(5-2-11)25(28)29/h1-8,10,26H,9H2,(H,22,27)/b21-8+. The van der Waals surface area contributed by atoms with Gasteiger partial charge in [-0.05, 0) is 39.7 Å². The Bertz CT molecular complexity index is 1100. The number of non-ortho nitro benzene ring substituents is 1. The number of carbonyl (C=O) groups excluding carboxylic acids is 1. The average Bonchev–Trinajstić information content (AvgIpc) is 3.05. The summed E-state index contributed by atoms with van der Waals surface area (Å²) in [5.41, 5.74) is 3.71. The second kappa shape index (κ2) is 8.97. The number of nitro benzene ring substituents is 1. The molecule has 0 aliphatic carbocycles. The summed E-state index contributed by atoms with van der Waals surface area (Å²) >= 11 is 6.58. The molecular weight excluding hydrogens is 510 g/mol. The largest absolute Gasteiger partial charge is 0.507 e. The Morgan fingerprint density at radius 2 is 2.00 bits per heavy atom. The van der Waals surface area contributed by atoms with E-state index in [4.69, 9.17) is 0 Å². The molecular formula is C18H13Br2N5O4. The molecule has 0 fully saturated rings. The van der Waals surface area contributed by atoms with Gasteiger partial charge in [-0.2, -0.15) is 10.2 Å². The van der Waals surface area contributed by atoms with Gasteiger partial charge in [0.2, 0.25) is 0 Å². The number of phenols is 1. The third kappa shape index (κ3) is 5.27. The average molecular weight is 523 g/mol. The number of nitro groups is 1. The van der Waals surface area contributed by atoms with Gasteiger partial charge < -0.3 is 5.11 Å². The maximum Gasteiger partial charge on any atom is 0.293 e. The third-order valence-corrected chi connectivity index (χ3v) is 4.86. The first kappa shape index (κ1) is 20.7. The molecule has 2 N–H and O–H groups in total. The number of rotatable bonds is 6. The fourth-order valence-corrected chi connectivity index (χ4v) is 3.26. The number of carbonyl (C=O) groups is 1. The lowest BCUT2D eigenvalue weighted by Gasteiger charge is -2.02. The first-order valence-corrected chi connectivity index (χ1v) is 9.70. The highest BCUT2D eigenvalue weighted by molar-refractivity contribution is 9.10. The number of benzene rings is 2. The maximum atomic E-state index is 12.3. The minimum absolute atomic E-state index is 0.00445. The quantitative estimate of drug-likeness (QED) is 0.289. The van der Waals surface area contributed by atoms with Crippen molar-refractivity contribution in [1.82, 2.24) is 15.2 Å². The van der Waals surface area contributed by atoms with Crippen molar-refractivity contribution in [2.75, 3.05) is 0 Å². The van der Waals surface area contributed by atoms with Gasteiger partial charge in [-0.1, -0.05) is 28.1 Å². The van der Waals surface area contributed by atoms with E-state index in [1.807, 2.05) is 0 Å². The molecule has 11 heteroatoms. The van der Waals surface area contributed by atoms with E-state index in [2.05, 4.69) is 47.5 Å². The number of amides is 1. The molecule has 9 nitrogen and oxygen atoms in total. The van der Waals surface area contributed by atoms with Gasteiger partial charge in [0.15, 0.2) is 5.69 Å². The Hall–Kier alpha value is -3.05. The third-order valence-electron chi connectivity index (χ3n) is 3.78. The van der Waals surface area contributed by atoms with E-state index in [-0.39, 0.29) is 17.1 Å². The van der Waals surface area contributed by atoms with Crippen molar-refractivity contribution in [3.05, 3.63) is 84.5 Å². The predicted octanol–water partition coefficient (Wildman–Crippen LogP) is 3.83. The number of hydrogen-bond acceptors (Lipinski definition) is 6. The summed E-state index contributed by atoms with van der Waals surface area (Å²) in [5.74, 6) is -0.509. The van der Waals surface area contributed by atoms with E-state index in [0.717, 1.165) is 10.0 Å². The summed E-state index contributed by atoms with van der Waals surface area (Å²) in [6.45, 7) is 0.332. The molecule has 0 aliphatic rings. The minimum atomic E-state index is -0.537. The van der Waals surface area contributed by atoms with Crippen LogP contribution < -0.4 is 5.43 Å². The molecule has 0 saturated heterocycles. The molecule has 2 aromatic carbocycles. The summed E-state index contributed by atoms with van der Waals surface area (Å²) in [4.78, 5) is 22.6. The van der Waals surface area contributed by atoms with E-state index in [9.17, 15) is 20.0 Å². The lowest BCUT2D eigenvalue weighted by molar-refractivity contribution is -0.384. The first-order chi connectivity index (χ1) is 13.8. The number of aromatic nitrogens is 2. The Balaban J connectivity index is 1.67. The summed E-state index contributed by atoms with van der Waals surface area (Å²) in [6.07, 6.45) is 2.94. The number of aromatic hydroxyl groups is 1. The van der Waals surface area contributed by atoms with Crippen LogP contribution in [0.4, 0.5) is 5.69 Å². The van der Waals surface area contributed by atoms with E-state index >= 15 is 0 Å². The van der Waals surface area contributed by atoms with E-state index < -0.39 is 10.8 Å². The van der Waals surface area contributed by atoms with Crippen molar-refractivity contribution in [2.24, 2.45) is 5.10 Å². The molecule has 29 heavy (non-hydrogen) atoms. The molecule has 0 bridgehead atoms. The summed E-state index contributed by atoms with van der Waals surface area (Å²) in [5, 5.41) is 28.5. The molecule has 0 atom stereocenters. The molecule has 0 spiro atoms. The highest BCUT2D eigenvalue weighted by Crippen LogP contribution is 2.20. The van der Waals surface area contributed by atoms with Gasteiger partial charge in [-0.25, -0.2) is 5.43 Å². The van der Waals surface area contributed by atoms with Crippen LogP contribution in [0.3, 0.4) is 0 Å². The minimum Gasteiger partial charge on any atom is -0.507 e. The smallest absolute Gasteiger partial charge is 0.293 e. The highest BCUT2D eigenvalue weighted by Gasteiger charge is 2.15. The van der Waals surface area contributed by atoms with Crippen LogP contribution in [-0.2, 0) is 6.54 Å². The fraction of sp³-hybridized carbons (Fsp3) is 0.0556. The molecule has 3 aromatic rings. The summed E-state index contributed by atoms with van der Waals surface area (Å²) in [6, 6.07) is 10.9. The van der Waals surface area contributed by atoms with Gasteiger partial charge in [0, 0.05) is 28.4 Å². The number of hydrogen-bond donors (Lipinski definition) is 2. The maximum absolute atomic E-state index is 12.3. The van der Waals surface area contributed by atoms with Gasteiger partial charge in [0.05, 0.1) is 22.2 Å². The van der Waals surface area contributed by atoms with Crippen LogP contribution in [0, 0.1) is 10.1 Å².